The van der Waals surface area contributed by atoms with Gasteiger partial charge in [0.05, 0.1) is 31.4 Å². The number of aliphatic hydroxyl groups is 8. The van der Waals surface area contributed by atoms with Gasteiger partial charge in [-0.05, 0) is 6.42 Å². The molecule has 4 rings (SSSR count). The highest BCUT2D eigenvalue weighted by Gasteiger charge is 2.54. The minimum Gasteiger partial charge on any atom is -0.394 e. The maximum Gasteiger partial charge on any atom is 0.394 e. The Morgan fingerprint density at radius 3 is 1.49 bits per heavy atom. The highest BCUT2D eigenvalue weighted by Crippen LogP contribution is 2.34. The van der Waals surface area contributed by atoms with Crippen LogP contribution in [0.3, 0.4) is 0 Å². The Balaban J connectivity index is 0.00000111. The van der Waals surface area contributed by atoms with E-state index in [0.717, 1.165) is 0 Å². The quantitative estimate of drug-likeness (QED) is 0.0986. The predicted octanol–water partition coefficient (Wildman–Crippen LogP) is -9.51. The lowest BCUT2D eigenvalue weighted by Gasteiger charge is -2.47. The van der Waals surface area contributed by atoms with Gasteiger partial charge in [-0.1, -0.05) is 0 Å². The van der Waals surface area contributed by atoms with Crippen LogP contribution in [0.15, 0.2) is 0 Å². The number of ether oxygens (including phenoxy) is 6. The van der Waals surface area contributed by atoms with E-state index in [1.807, 2.05) is 0 Å². The van der Waals surface area contributed by atoms with Crippen LogP contribution >= 0.6 is 0 Å². The number of aliphatic hydroxyl groups excluding tert-OH is 8. The number of hydrogen-bond acceptors (Lipinski definition) is 21. The molecule has 20 N–H and O–H groups in total. The van der Waals surface area contributed by atoms with E-state index in [0.29, 0.717) is 0 Å². The summed E-state index contributed by atoms with van der Waals surface area (Å²) in [5, 5.41) is 82.3. The second-order valence-corrected chi connectivity index (χ2v) is 12.5. The number of nitrogens with two attached hydrogens (primary N) is 5. The van der Waals surface area contributed by atoms with Crippen molar-refractivity contribution in [3.05, 3.63) is 0 Å². The van der Waals surface area contributed by atoms with E-state index in [1.54, 1.807) is 0 Å². The first-order chi connectivity index (χ1) is 21.8. The number of hydrogen-bond donors (Lipinski definition) is 15. The molecule has 0 radical (unpaired) electrons. The zero-order valence-electron chi connectivity index (χ0n) is 24.8. The molecule has 0 aromatic heterocycles. The van der Waals surface area contributed by atoms with Crippen molar-refractivity contribution in [1.82, 2.24) is 0 Å². The maximum atomic E-state index is 11.1. The zero-order chi connectivity index (χ0) is 35.5. The first-order valence-corrected chi connectivity index (χ1v) is 15.9. The topological polar surface area (TPSA) is 422 Å². The van der Waals surface area contributed by atoms with Crippen molar-refractivity contribution in [3.63, 3.8) is 0 Å². The van der Waals surface area contributed by atoms with Gasteiger partial charge in [-0.15, -0.1) is 0 Å². The third-order valence-electron chi connectivity index (χ3n) is 8.32. The fraction of sp³-hybridized carbons (Fsp3) is 1.00. The van der Waals surface area contributed by atoms with E-state index in [9.17, 15) is 40.9 Å². The summed E-state index contributed by atoms with van der Waals surface area (Å²) in [7, 11) is -4.67. The lowest BCUT2D eigenvalue weighted by molar-refractivity contribution is -0.310. The summed E-state index contributed by atoms with van der Waals surface area (Å²) in [5.74, 6) is 0. The Labute approximate surface area is 268 Å². The van der Waals surface area contributed by atoms with Crippen LogP contribution in [0.2, 0.25) is 0 Å². The first kappa shape index (κ1) is 40.5. The van der Waals surface area contributed by atoms with Gasteiger partial charge in [0.2, 0.25) is 0 Å². The van der Waals surface area contributed by atoms with Gasteiger partial charge >= 0.3 is 10.4 Å². The van der Waals surface area contributed by atoms with Gasteiger partial charge in [0, 0.05) is 18.6 Å². The fourth-order valence-corrected chi connectivity index (χ4v) is 5.70. The van der Waals surface area contributed by atoms with Gasteiger partial charge in [-0.2, -0.15) is 8.42 Å². The van der Waals surface area contributed by atoms with Crippen LogP contribution in [-0.4, -0.2) is 194 Å². The predicted molar refractivity (Wildman–Crippen MR) is 151 cm³/mol. The van der Waals surface area contributed by atoms with Crippen LogP contribution in [0, 0.1) is 0 Å². The average Bonchev–Trinajstić information content (AvgIpc) is 3.30. The molecule has 19 atom stereocenters. The molecular formula is C23H47N5O18S. The van der Waals surface area contributed by atoms with Crippen molar-refractivity contribution in [1.29, 1.82) is 0 Å². The van der Waals surface area contributed by atoms with Crippen molar-refractivity contribution in [2.45, 2.75) is 123 Å². The normalized spacial score (nSPS) is 49.3. The molecule has 3 heterocycles. The van der Waals surface area contributed by atoms with Gasteiger partial charge in [0.25, 0.3) is 0 Å². The third-order valence-corrected chi connectivity index (χ3v) is 8.32. The van der Waals surface area contributed by atoms with Gasteiger partial charge in [-0.3, -0.25) is 9.11 Å². The lowest BCUT2D eigenvalue weighted by Crippen LogP contribution is -2.68. The summed E-state index contributed by atoms with van der Waals surface area (Å²) in [6.45, 7) is -1.49. The molecule has 4 fully saturated rings. The van der Waals surface area contributed by atoms with Crippen LogP contribution < -0.4 is 28.7 Å². The van der Waals surface area contributed by atoms with Gasteiger partial charge < -0.3 is 97.9 Å². The Hall–Kier alpha value is -0.890. The highest BCUT2D eigenvalue weighted by atomic mass is 32.3. The van der Waals surface area contributed by atoms with Crippen molar-refractivity contribution < 1.29 is 86.8 Å². The molecule has 1 aliphatic carbocycles. The highest BCUT2D eigenvalue weighted by molar-refractivity contribution is 7.79. The Morgan fingerprint density at radius 1 is 0.574 bits per heavy atom. The van der Waals surface area contributed by atoms with E-state index in [4.69, 9.17) is 74.6 Å². The molecule has 24 heteroatoms. The van der Waals surface area contributed by atoms with Crippen molar-refractivity contribution in [2.24, 2.45) is 28.7 Å². The first-order valence-electron chi connectivity index (χ1n) is 14.5. The fourth-order valence-electron chi connectivity index (χ4n) is 5.70. The Morgan fingerprint density at radius 2 is 1.00 bits per heavy atom. The minimum absolute atomic E-state index is 0.0642. The van der Waals surface area contributed by atoms with E-state index in [1.165, 1.54) is 0 Å². The summed E-state index contributed by atoms with van der Waals surface area (Å²) in [5.41, 5.74) is 29.9. The molecule has 278 valence electrons. The second kappa shape index (κ2) is 16.9. The summed E-state index contributed by atoms with van der Waals surface area (Å²) >= 11 is 0. The maximum absolute atomic E-state index is 11.1. The minimum atomic E-state index is -4.67. The third kappa shape index (κ3) is 9.67. The largest absolute Gasteiger partial charge is 0.394 e. The molecule has 23 nitrogen and oxygen atoms in total. The van der Waals surface area contributed by atoms with Gasteiger partial charge in [0.1, 0.15) is 67.1 Å². The molecule has 0 spiro atoms. The molecule has 47 heavy (non-hydrogen) atoms. The Kier molecular flexibility index (Phi) is 14.6. The van der Waals surface area contributed by atoms with E-state index in [-0.39, 0.29) is 13.0 Å². The summed E-state index contributed by atoms with van der Waals surface area (Å²) in [6, 6.07) is -4.30. The molecule has 3 aliphatic heterocycles. The van der Waals surface area contributed by atoms with Crippen LogP contribution in [0.1, 0.15) is 6.42 Å². The molecule has 4 aliphatic rings. The molecule has 3 saturated heterocycles. The SMILES string of the molecule is NCC1OC(OC2C(CO)OC(OC3C(O)C(N)CC(N)C3OC3OC(CO)C(O)C(O)C3N)C2O)C(N)C(O)C1O.O=S(=O)(O)O. The monoisotopic (exact) mass is 713 g/mol. The molecular weight excluding hydrogens is 666 g/mol. The number of rotatable bonds is 9. The zero-order valence-corrected chi connectivity index (χ0v) is 25.6. The van der Waals surface area contributed by atoms with E-state index >= 15 is 0 Å². The Bertz CT molecular complexity index is 1070. The van der Waals surface area contributed by atoms with Crippen LogP contribution in [0.5, 0.6) is 0 Å². The van der Waals surface area contributed by atoms with Crippen LogP contribution in [-0.2, 0) is 38.8 Å². The van der Waals surface area contributed by atoms with E-state index < -0.39 is 140 Å². The molecule has 1 saturated carbocycles. The second-order valence-electron chi connectivity index (χ2n) is 11.6. The summed E-state index contributed by atoms with van der Waals surface area (Å²) in [6.07, 6.45) is -20.5. The van der Waals surface area contributed by atoms with Gasteiger partial charge in [0.15, 0.2) is 18.9 Å². The molecule has 0 aromatic rings. The van der Waals surface area contributed by atoms with Gasteiger partial charge in [-0.25, -0.2) is 0 Å². The van der Waals surface area contributed by atoms with Crippen LogP contribution in [0.4, 0.5) is 0 Å². The lowest BCUT2D eigenvalue weighted by atomic mass is 9.84. The molecule has 0 bridgehead atoms. The smallest absolute Gasteiger partial charge is 0.394 e. The molecule has 19 unspecified atom stereocenters. The summed E-state index contributed by atoms with van der Waals surface area (Å²) < 4.78 is 66.0. The average molecular weight is 714 g/mol. The van der Waals surface area contributed by atoms with E-state index in [2.05, 4.69) is 0 Å². The van der Waals surface area contributed by atoms with Crippen LogP contribution in [0.25, 0.3) is 0 Å². The van der Waals surface area contributed by atoms with Crippen molar-refractivity contribution >= 4 is 10.4 Å². The van der Waals surface area contributed by atoms with Crippen molar-refractivity contribution in [3.8, 4) is 0 Å². The molecule has 0 amide bonds. The standard InChI is InChI=1S/C23H45N5O14.H2O4S/c24-2-7-13(32)15(34)10(27)21(37-7)41-19-9(4-30)39-23(17(19)36)42-20-12(31)5(25)1-6(26)18(20)40-22-11(28)16(35)14(33)8(3-29)38-22;1-5(2,3)4/h5-23,29-36H,1-4,24-28H2;(H2,1,2,3,4). The molecule has 0 aromatic carbocycles. The van der Waals surface area contributed by atoms with Crippen molar-refractivity contribution in [2.75, 3.05) is 19.8 Å². The summed E-state index contributed by atoms with van der Waals surface area (Å²) in [4.78, 5) is 0.